The lowest BCUT2D eigenvalue weighted by molar-refractivity contribution is -0.114. The molecule has 0 aromatic heterocycles. The smallest absolute Gasteiger partial charge is 0.321 e. The molecule has 1 aliphatic rings. The predicted octanol–water partition coefficient (Wildman–Crippen LogP) is 3.63. The van der Waals surface area contributed by atoms with Crippen molar-refractivity contribution < 1.29 is 19.4 Å². The number of anilines is 2. The highest BCUT2D eigenvalue weighted by Crippen LogP contribution is 2.31. The van der Waals surface area contributed by atoms with E-state index < -0.39 is 6.10 Å². The first kappa shape index (κ1) is 20.7. The van der Waals surface area contributed by atoms with Crippen LogP contribution in [-0.4, -0.2) is 42.1 Å². The minimum Gasteiger partial charge on any atom is -0.494 e. The summed E-state index contributed by atoms with van der Waals surface area (Å²) in [4.78, 5) is 25.6. The van der Waals surface area contributed by atoms with Crippen molar-refractivity contribution in [3.63, 3.8) is 0 Å². The first-order valence-corrected chi connectivity index (χ1v) is 9.72. The summed E-state index contributed by atoms with van der Waals surface area (Å²) in [6.45, 7) is 2.59. The average Bonchev–Trinajstić information content (AvgIpc) is 2.74. The van der Waals surface area contributed by atoms with Gasteiger partial charge in [0.25, 0.3) is 0 Å². The van der Waals surface area contributed by atoms with E-state index in [-0.39, 0.29) is 17.9 Å². The molecule has 1 unspecified atom stereocenters. The van der Waals surface area contributed by atoms with E-state index in [1.807, 2.05) is 30.3 Å². The number of methoxy groups -OCH3 is 1. The number of hydrogen-bond donors (Lipinski definition) is 3. The van der Waals surface area contributed by atoms with Crippen molar-refractivity contribution in [3.8, 4) is 5.75 Å². The Morgan fingerprint density at radius 1 is 1.10 bits per heavy atom. The minimum atomic E-state index is -0.507. The third-order valence-electron chi connectivity index (χ3n) is 5.18. The molecule has 7 nitrogen and oxygen atoms in total. The van der Waals surface area contributed by atoms with Crippen LogP contribution in [-0.2, 0) is 4.79 Å². The molecule has 3 rings (SSSR count). The SMILES string of the molecule is COc1cc(NC(=O)N2CCC(C(O)c3ccccc3)CC2)ccc1NC(C)=O. The number of ether oxygens (including phenoxy) is 1. The van der Waals surface area contributed by atoms with Crippen LogP contribution < -0.4 is 15.4 Å². The molecular formula is C22H27N3O4. The van der Waals surface area contributed by atoms with Crippen molar-refractivity contribution in [1.82, 2.24) is 4.90 Å². The summed E-state index contributed by atoms with van der Waals surface area (Å²) in [6, 6.07) is 14.5. The van der Waals surface area contributed by atoms with Crippen LogP contribution in [0, 0.1) is 5.92 Å². The molecule has 1 atom stereocenters. The fourth-order valence-electron chi connectivity index (χ4n) is 3.61. The highest BCUT2D eigenvalue weighted by atomic mass is 16.5. The van der Waals surface area contributed by atoms with E-state index in [9.17, 15) is 14.7 Å². The first-order valence-electron chi connectivity index (χ1n) is 9.72. The summed E-state index contributed by atoms with van der Waals surface area (Å²) in [5.41, 5.74) is 2.06. The Labute approximate surface area is 170 Å². The van der Waals surface area contributed by atoms with Crippen molar-refractivity contribution >= 4 is 23.3 Å². The lowest BCUT2D eigenvalue weighted by Crippen LogP contribution is -2.42. The number of piperidine rings is 1. The maximum absolute atomic E-state index is 12.6. The second kappa shape index (κ2) is 9.43. The second-order valence-corrected chi connectivity index (χ2v) is 7.21. The van der Waals surface area contributed by atoms with Crippen LogP contribution in [0.2, 0.25) is 0 Å². The zero-order chi connectivity index (χ0) is 20.8. The largest absolute Gasteiger partial charge is 0.494 e. The number of carbonyl (C=O) groups excluding carboxylic acids is 2. The number of benzene rings is 2. The number of nitrogens with zero attached hydrogens (tertiary/aromatic N) is 1. The maximum atomic E-state index is 12.6. The Kier molecular flexibility index (Phi) is 6.72. The zero-order valence-corrected chi connectivity index (χ0v) is 16.7. The quantitative estimate of drug-likeness (QED) is 0.719. The first-order chi connectivity index (χ1) is 14.0. The number of carbonyl (C=O) groups is 2. The van der Waals surface area contributed by atoms with E-state index in [0.717, 1.165) is 18.4 Å². The molecule has 7 heteroatoms. The third kappa shape index (κ3) is 5.26. The van der Waals surface area contributed by atoms with Gasteiger partial charge in [-0.3, -0.25) is 4.79 Å². The number of likely N-dealkylation sites (tertiary alicyclic amines) is 1. The van der Waals surface area contributed by atoms with Crippen molar-refractivity contribution in [2.75, 3.05) is 30.8 Å². The van der Waals surface area contributed by atoms with Crippen LogP contribution in [0.4, 0.5) is 16.2 Å². The van der Waals surface area contributed by atoms with E-state index in [1.54, 1.807) is 23.1 Å². The maximum Gasteiger partial charge on any atom is 0.321 e. The monoisotopic (exact) mass is 397 g/mol. The standard InChI is InChI=1S/C22H27N3O4/c1-15(26)23-19-9-8-18(14-20(19)29-2)24-22(28)25-12-10-17(11-13-25)21(27)16-6-4-3-5-7-16/h3-9,14,17,21,27H,10-13H2,1-2H3,(H,23,26)(H,24,28). The highest BCUT2D eigenvalue weighted by Gasteiger charge is 2.28. The Morgan fingerprint density at radius 2 is 1.79 bits per heavy atom. The fraction of sp³-hybridized carbons (Fsp3) is 0.364. The summed E-state index contributed by atoms with van der Waals surface area (Å²) >= 11 is 0. The molecule has 3 N–H and O–H groups in total. The molecule has 0 radical (unpaired) electrons. The van der Waals surface area contributed by atoms with Gasteiger partial charge in [-0.05, 0) is 36.5 Å². The van der Waals surface area contributed by atoms with Crippen LogP contribution in [0.15, 0.2) is 48.5 Å². The summed E-state index contributed by atoms with van der Waals surface area (Å²) in [6.07, 6.45) is 0.981. The van der Waals surface area contributed by atoms with E-state index in [1.165, 1.54) is 14.0 Å². The normalized spacial score (nSPS) is 15.5. The molecule has 3 amide bonds. The molecule has 1 heterocycles. The highest BCUT2D eigenvalue weighted by molar-refractivity contribution is 5.93. The van der Waals surface area contributed by atoms with Crippen molar-refractivity contribution in [3.05, 3.63) is 54.1 Å². The second-order valence-electron chi connectivity index (χ2n) is 7.21. The lowest BCUT2D eigenvalue weighted by atomic mass is 9.87. The lowest BCUT2D eigenvalue weighted by Gasteiger charge is -2.34. The summed E-state index contributed by atoms with van der Waals surface area (Å²) < 4.78 is 5.29. The van der Waals surface area contributed by atoms with Gasteiger partial charge in [0.05, 0.1) is 18.9 Å². The molecule has 29 heavy (non-hydrogen) atoms. The van der Waals surface area contributed by atoms with Crippen LogP contribution in [0.3, 0.4) is 0 Å². The van der Waals surface area contributed by atoms with Crippen molar-refractivity contribution in [1.29, 1.82) is 0 Å². The van der Waals surface area contributed by atoms with Gasteiger partial charge in [-0.2, -0.15) is 0 Å². The predicted molar refractivity (Wildman–Crippen MR) is 112 cm³/mol. The molecule has 0 aliphatic carbocycles. The zero-order valence-electron chi connectivity index (χ0n) is 16.7. The minimum absolute atomic E-state index is 0.137. The van der Waals surface area contributed by atoms with E-state index in [4.69, 9.17) is 4.74 Å². The average molecular weight is 397 g/mol. The summed E-state index contributed by atoms with van der Waals surface area (Å²) in [5.74, 6) is 0.418. The molecule has 1 aliphatic heterocycles. The van der Waals surface area contributed by atoms with Crippen LogP contribution in [0.1, 0.15) is 31.4 Å². The van der Waals surface area contributed by atoms with Gasteiger partial charge in [-0.1, -0.05) is 30.3 Å². The van der Waals surface area contributed by atoms with Crippen molar-refractivity contribution in [2.24, 2.45) is 5.92 Å². The molecule has 154 valence electrons. The number of hydrogen-bond acceptors (Lipinski definition) is 4. The van der Waals surface area contributed by atoms with Gasteiger partial charge < -0.3 is 25.4 Å². The van der Waals surface area contributed by atoms with Gasteiger partial charge in [-0.25, -0.2) is 4.79 Å². The number of urea groups is 1. The fourth-order valence-corrected chi connectivity index (χ4v) is 3.61. The van der Waals surface area contributed by atoms with Crippen LogP contribution in [0.5, 0.6) is 5.75 Å². The number of rotatable bonds is 5. The van der Waals surface area contributed by atoms with Gasteiger partial charge in [-0.15, -0.1) is 0 Å². The van der Waals surface area contributed by atoms with Crippen LogP contribution >= 0.6 is 0 Å². The Morgan fingerprint density at radius 3 is 2.41 bits per heavy atom. The number of amides is 3. The molecule has 0 saturated carbocycles. The topological polar surface area (TPSA) is 90.9 Å². The Bertz CT molecular complexity index is 848. The van der Waals surface area contributed by atoms with Gasteiger partial charge in [0, 0.05) is 31.8 Å². The molecule has 0 bridgehead atoms. The van der Waals surface area contributed by atoms with Gasteiger partial charge in [0.2, 0.25) is 5.91 Å². The molecule has 0 spiro atoms. The van der Waals surface area contributed by atoms with E-state index in [0.29, 0.717) is 30.2 Å². The van der Waals surface area contributed by atoms with Gasteiger partial charge >= 0.3 is 6.03 Å². The van der Waals surface area contributed by atoms with Gasteiger partial charge in [0.15, 0.2) is 0 Å². The Balaban J connectivity index is 1.56. The van der Waals surface area contributed by atoms with Gasteiger partial charge in [0.1, 0.15) is 5.75 Å². The number of aliphatic hydroxyl groups excluding tert-OH is 1. The number of nitrogens with one attached hydrogen (secondary N) is 2. The van der Waals surface area contributed by atoms with Crippen molar-refractivity contribution in [2.45, 2.75) is 25.9 Å². The summed E-state index contributed by atoms with van der Waals surface area (Å²) in [7, 11) is 1.51. The molecule has 2 aromatic carbocycles. The molecule has 2 aromatic rings. The Hall–Kier alpha value is -3.06. The third-order valence-corrected chi connectivity index (χ3v) is 5.18. The molecule has 1 saturated heterocycles. The van der Waals surface area contributed by atoms with E-state index in [2.05, 4.69) is 10.6 Å². The number of aliphatic hydroxyl groups is 1. The van der Waals surface area contributed by atoms with E-state index >= 15 is 0 Å². The molecular weight excluding hydrogens is 370 g/mol. The van der Waals surface area contributed by atoms with Crippen LogP contribution in [0.25, 0.3) is 0 Å². The summed E-state index contributed by atoms with van der Waals surface area (Å²) in [5, 5.41) is 16.1. The molecule has 1 fully saturated rings.